The first-order valence-corrected chi connectivity index (χ1v) is 11.6. The van der Waals surface area contributed by atoms with Crippen LogP contribution in [0.2, 0.25) is 0 Å². The monoisotopic (exact) mass is 471 g/mol. The maximum atomic E-state index is 12.9. The van der Waals surface area contributed by atoms with Gasteiger partial charge in [0.15, 0.2) is 0 Å². The lowest BCUT2D eigenvalue weighted by atomic mass is 9.98. The Kier molecular flexibility index (Phi) is 6.18. The summed E-state index contributed by atoms with van der Waals surface area (Å²) in [5.41, 5.74) is 4.68. The van der Waals surface area contributed by atoms with Crippen molar-refractivity contribution in [2.45, 2.75) is 31.2 Å². The lowest BCUT2D eigenvalue weighted by Gasteiger charge is -2.23. The first kappa shape index (κ1) is 22.6. The molecule has 2 aliphatic rings. The number of hydrogen-bond donors (Lipinski definition) is 2. The molecule has 1 aromatic heterocycles. The number of pyridine rings is 1. The minimum atomic E-state index is -0.937. The van der Waals surface area contributed by atoms with E-state index in [0.717, 1.165) is 28.7 Å². The van der Waals surface area contributed by atoms with Gasteiger partial charge >= 0.3 is 12.1 Å². The molecule has 2 N–H and O–H groups in total. The van der Waals surface area contributed by atoms with Gasteiger partial charge in [0.05, 0.1) is 6.42 Å². The van der Waals surface area contributed by atoms with Gasteiger partial charge in [-0.1, -0.05) is 54.6 Å². The Labute approximate surface area is 202 Å². The number of carboxylic acid groups (broad SMARTS) is 1. The number of fused-ring (bicyclic) bond motifs is 3. The Hall–Kier alpha value is -4.20. The molecular weight excluding hydrogens is 446 g/mol. The molecule has 8 heteroatoms. The second-order valence-electron chi connectivity index (χ2n) is 8.75. The molecule has 2 amide bonds. The molecule has 1 aliphatic heterocycles. The number of hydrogen-bond acceptors (Lipinski definition) is 5. The van der Waals surface area contributed by atoms with Crippen LogP contribution >= 0.6 is 0 Å². The lowest BCUT2D eigenvalue weighted by molar-refractivity contribution is -0.137. The van der Waals surface area contributed by atoms with Gasteiger partial charge < -0.3 is 14.7 Å². The number of nitrogens with one attached hydrogen (secondary N) is 1. The van der Waals surface area contributed by atoms with E-state index < -0.39 is 12.1 Å². The lowest BCUT2D eigenvalue weighted by Crippen LogP contribution is -2.37. The summed E-state index contributed by atoms with van der Waals surface area (Å²) >= 11 is 0. The third kappa shape index (κ3) is 4.59. The van der Waals surface area contributed by atoms with Gasteiger partial charge in [-0.25, -0.2) is 9.78 Å². The fraction of sp³-hybridized carbons (Fsp3) is 0.259. The van der Waals surface area contributed by atoms with E-state index in [4.69, 9.17) is 9.84 Å². The number of carbonyl (C=O) groups excluding carboxylic acids is 2. The van der Waals surface area contributed by atoms with Crippen LogP contribution in [0.5, 0.6) is 0 Å². The molecule has 178 valence electrons. The first-order valence-electron chi connectivity index (χ1n) is 11.6. The maximum Gasteiger partial charge on any atom is 0.412 e. The van der Waals surface area contributed by atoms with Crippen molar-refractivity contribution < 1.29 is 24.2 Å². The van der Waals surface area contributed by atoms with Crippen molar-refractivity contribution in [1.29, 1.82) is 0 Å². The smallest absolute Gasteiger partial charge is 0.412 e. The van der Waals surface area contributed by atoms with Crippen LogP contribution in [-0.4, -0.2) is 52.2 Å². The number of aromatic nitrogens is 1. The SMILES string of the molecule is O=C(O)C[C@@H]1CCCN1C(=O)c1cccc(NC(=O)OCC2c3ccccc3-c3ccccc32)n1. The Morgan fingerprint density at radius 1 is 0.971 bits per heavy atom. The molecule has 5 rings (SSSR count). The summed E-state index contributed by atoms with van der Waals surface area (Å²) in [5, 5.41) is 11.7. The van der Waals surface area contributed by atoms with Crippen molar-refractivity contribution >= 4 is 23.8 Å². The molecule has 3 aromatic rings. The Morgan fingerprint density at radius 3 is 2.34 bits per heavy atom. The third-order valence-electron chi connectivity index (χ3n) is 6.59. The number of ether oxygens (including phenoxy) is 1. The predicted molar refractivity (Wildman–Crippen MR) is 129 cm³/mol. The molecule has 2 heterocycles. The minimum Gasteiger partial charge on any atom is -0.481 e. The molecule has 0 radical (unpaired) electrons. The highest BCUT2D eigenvalue weighted by Crippen LogP contribution is 2.44. The standard InChI is InChI=1S/C27H25N3O5/c31-25(32)15-17-7-6-14-30(17)26(33)23-12-5-13-24(28-23)29-27(34)35-16-22-20-10-3-1-8-18(20)19-9-2-4-11-21(19)22/h1-5,8-13,17,22H,6-7,14-16H2,(H,31,32)(H,28,29,34)/t17-/m0/s1. The summed E-state index contributed by atoms with van der Waals surface area (Å²) in [6, 6.07) is 20.6. The molecule has 1 atom stereocenters. The van der Waals surface area contributed by atoms with Crippen LogP contribution < -0.4 is 5.32 Å². The molecule has 1 aliphatic carbocycles. The number of carboxylic acids is 1. The van der Waals surface area contributed by atoms with Gasteiger partial charge in [-0.05, 0) is 47.2 Å². The molecule has 1 fully saturated rings. The second kappa shape index (κ2) is 9.58. The van der Waals surface area contributed by atoms with Gasteiger partial charge in [0.2, 0.25) is 0 Å². The zero-order valence-electron chi connectivity index (χ0n) is 19.0. The van der Waals surface area contributed by atoms with Crippen LogP contribution in [0.3, 0.4) is 0 Å². The number of rotatable bonds is 6. The van der Waals surface area contributed by atoms with Crippen LogP contribution in [0.15, 0.2) is 66.7 Å². The zero-order chi connectivity index (χ0) is 24.4. The number of benzene rings is 2. The second-order valence-corrected chi connectivity index (χ2v) is 8.75. The zero-order valence-corrected chi connectivity index (χ0v) is 19.0. The summed E-state index contributed by atoms with van der Waals surface area (Å²) in [5.74, 6) is -1.14. The van der Waals surface area contributed by atoms with Gasteiger partial charge in [-0.2, -0.15) is 0 Å². The minimum absolute atomic E-state index is 0.0599. The molecule has 1 saturated heterocycles. The third-order valence-corrected chi connectivity index (χ3v) is 6.59. The molecule has 8 nitrogen and oxygen atoms in total. The Morgan fingerprint density at radius 2 is 1.66 bits per heavy atom. The fourth-order valence-corrected chi connectivity index (χ4v) is 5.03. The number of aliphatic carboxylic acids is 1. The van der Waals surface area contributed by atoms with E-state index in [9.17, 15) is 14.4 Å². The van der Waals surface area contributed by atoms with Gasteiger partial charge in [-0.15, -0.1) is 0 Å². The maximum absolute atomic E-state index is 12.9. The first-order chi connectivity index (χ1) is 17.0. The van der Waals surface area contributed by atoms with E-state index in [0.29, 0.717) is 13.0 Å². The van der Waals surface area contributed by atoms with Crippen molar-refractivity contribution in [3.63, 3.8) is 0 Å². The molecule has 0 saturated carbocycles. The Balaban J connectivity index is 1.24. The van der Waals surface area contributed by atoms with E-state index in [1.165, 1.54) is 0 Å². The normalized spacial score (nSPS) is 16.5. The number of likely N-dealkylation sites (tertiary alicyclic amines) is 1. The average molecular weight is 472 g/mol. The van der Waals surface area contributed by atoms with E-state index in [2.05, 4.69) is 22.4 Å². The average Bonchev–Trinajstić information content (AvgIpc) is 3.44. The Bertz CT molecular complexity index is 1250. The van der Waals surface area contributed by atoms with E-state index in [1.807, 2.05) is 36.4 Å². The van der Waals surface area contributed by atoms with Crippen LogP contribution in [-0.2, 0) is 9.53 Å². The number of amides is 2. The summed E-state index contributed by atoms with van der Waals surface area (Å²) in [6.45, 7) is 0.658. The number of nitrogens with zero attached hydrogens (tertiary/aromatic N) is 2. The predicted octanol–water partition coefficient (Wildman–Crippen LogP) is 4.52. The van der Waals surface area contributed by atoms with Crippen molar-refractivity contribution in [1.82, 2.24) is 9.88 Å². The van der Waals surface area contributed by atoms with Crippen molar-refractivity contribution in [2.75, 3.05) is 18.5 Å². The van der Waals surface area contributed by atoms with Crippen LogP contribution in [0.25, 0.3) is 11.1 Å². The molecular formula is C27H25N3O5. The van der Waals surface area contributed by atoms with E-state index >= 15 is 0 Å². The van der Waals surface area contributed by atoms with Crippen molar-refractivity contribution in [3.05, 3.63) is 83.6 Å². The topological polar surface area (TPSA) is 109 Å². The van der Waals surface area contributed by atoms with Crippen molar-refractivity contribution in [2.24, 2.45) is 0 Å². The van der Waals surface area contributed by atoms with Crippen molar-refractivity contribution in [3.8, 4) is 11.1 Å². The van der Waals surface area contributed by atoms with Gasteiger partial charge in [0.1, 0.15) is 18.1 Å². The highest BCUT2D eigenvalue weighted by atomic mass is 16.5. The largest absolute Gasteiger partial charge is 0.481 e. The van der Waals surface area contributed by atoms with E-state index in [1.54, 1.807) is 23.1 Å². The molecule has 35 heavy (non-hydrogen) atoms. The summed E-state index contributed by atoms with van der Waals surface area (Å²) < 4.78 is 5.55. The molecule has 2 aromatic carbocycles. The summed E-state index contributed by atoms with van der Waals surface area (Å²) in [4.78, 5) is 42.4. The summed E-state index contributed by atoms with van der Waals surface area (Å²) in [6.07, 6.45) is 0.648. The van der Waals surface area contributed by atoms with Crippen LogP contribution in [0, 0.1) is 0 Å². The van der Waals surface area contributed by atoms with Gasteiger partial charge in [0.25, 0.3) is 5.91 Å². The van der Waals surface area contributed by atoms with Gasteiger partial charge in [-0.3, -0.25) is 14.9 Å². The van der Waals surface area contributed by atoms with Crippen LogP contribution in [0.1, 0.15) is 46.8 Å². The fourth-order valence-electron chi connectivity index (χ4n) is 5.03. The molecule has 0 bridgehead atoms. The molecule has 0 spiro atoms. The summed E-state index contributed by atoms with van der Waals surface area (Å²) in [7, 11) is 0. The quantitative estimate of drug-likeness (QED) is 0.547. The highest BCUT2D eigenvalue weighted by Gasteiger charge is 2.32. The van der Waals surface area contributed by atoms with Gasteiger partial charge in [0, 0.05) is 18.5 Å². The van der Waals surface area contributed by atoms with E-state index in [-0.39, 0.29) is 42.4 Å². The highest BCUT2D eigenvalue weighted by molar-refractivity contribution is 5.94. The number of carbonyl (C=O) groups is 3. The van der Waals surface area contributed by atoms with Crippen LogP contribution in [0.4, 0.5) is 10.6 Å². The molecule has 0 unspecified atom stereocenters. The number of anilines is 1.